The fourth-order valence-corrected chi connectivity index (χ4v) is 4.27. The van der Waals surface area contributed by atoms with Gasteiger partial charge in [-0.2, -0.15) is 0 Å². The number of rotatable bonds is 6. The molecule has 0 amide bonds. The first-order valence-electron chi connectivity index (χ1n) is 9.59. The van der Waals surface area contributed by atoms with Crippen LogP contribution in [-0.2, 0) is 6.42 Å². The molecule has 1 saturated heterocycles. The molecular formula is C19H31IN6S. The molecule has 2 unspecified atom stereocenters. The van der Waals surface area contributed by atoms with Crippen molar-refractivity contribution in [2.75, 3.05) is 26.2 Å². The third-order valence-electron chi connectivity index (χ3n) is 4.94. The lowest BCUT2D eigenvalue weighted by Gasteiger charge is -2.39. The Morgan fingerprint density at radius 3 is 2.96 bits per heavy atom. The van der Waals surface area contributed by atoms with Crippen molar-refractivity contribution in [1.82, 2.24) is 24.8 Å². The molecule has 2 atom stereocenters. The van der Waals surface area contributed by atoms with Gasteiger partial charge >= 0.3 is 0 Å². The molecule has 0 aromatic carbocycles. The van der Waals surface area contributed by atoms with Gasteiger partial charge in [-0.05, 0) is 32.6 Å². The number of aromatic nitrogens is 3. The number of halogens is 1. The van der Waals surface area contributed by atoms with Crippen LogP contribution in [0.25, 0.3) is 0 Å². The fraction of sp³-hybridized carbons (Fsp3) is 0.632. The average Bonchev–Trinajstić information content (AvgIpc) is 3.30. The highest BCUT2D eigenvalue weighted by Crippen LogP contribution is 2.27. The number of aryl methyl sites for hydroxylation is 2. The van der Waals surface area contributed by atoms with Crippen LogP contribution in [0.2, 0.25) is 0 Å². The van der Waals surface area contributed by atoms with Crippen LogP contribution < -0.4 is 5.32 Å². The van der Waals surface area contributed by atoms with Crippen LogP contribution in [0.15, 0.2) is 29.1 Å². The van der Waals surface area contributed by atoms with E-state index >= 15 is 0 Å². The molecule has 1 N–H and O–H groups in total. The van der Waals surface area contributed by atoms with Crippen LogP contribution in [0, 0.1) is 12.8 Å². The van der Waals surface area contributed by atoms with Crippen molar-refractivity contribution in [3.63, 3.8) is 0 Å². The first kappa shape index (κ1) is 22.1. The quantitative estimate of drug-likeness (QED) is 0.283. The largest absolute Gasteiger partial charge is 0.357 e. The number of hydrogen-bond acceptors (Lipinski definition) is 4. The lowest BCUT2D eigenvalue weighted by atomic mass is 9.93. The molecule has 0 aliphatic carbocycles. The summed E-state index contributed by atoms with van der Waals surface area (Å²) in [7, 11) is 0. The Hall–Kier alpha value is -1.16. The van der Waals surface area contributed by atoms with Gasteiger partial charge in [0.1, 0.15) is 0 Å². The van der Waals surface area contributed by atoms with Gasteiger partial charge in [0.25, 0.3) is 0 Å². The van der Waals surface area contributed by atoms with E-state index in [4.69, 9.17) is 4.99 Å². The molecule has 27 heavy (non-hydrogen) atoms. The van der Waals surface area contributed by atoms with Gasteiger partial charge in [0, 0.05) is 56.1 Å². The maximum absolute atomic E-state index is 4.88. The number of imidazole rings is 1. The molecule has 3 heterocycles. The van der Waals surface area contributed by atoms with E-state index in [1.54, 1.807) is 11.3 Å². The number of likely N-dealkylation sites (tertiary alicyclic amines) is 1. The first-order chi connectivity index (χ1) is 12.7. The van der Waals surface area contributed by atoms with Crippen molar-refractivity contribution in [3.8, 4) is 0 Å². The van der Waals surface area contributed by atoms with Gasteiger partial charge in [-0.25, -0.2) is 9.97 Å². The maximum atomic E-state index is 4.88. The number of aliphatic imine (C=N–C) groups is 1. The van der Waals surface area contributed by atoms with Crippen molar-refractivity contribution in [2.24, 2.45) is 10.9 Å². The zero-order valence-electron chi connectivity index (χ0n) is 16.5. The Kier molecular flexibility index (Phi) is 9.01. The normalized spacial score (nSPS) is 20.4. The van der Waals surface area contributed by atoms with Crippen LogP contribution in [0.1, 0.15) is 43.4 Å². The molecule has 0 radical (unpaired) electrons. The standard InChI is InChI=1S/C19H30N6S.HI/c1-4-21-19(22-8-5-6-18-23-16(3)13-26-18)24-10-7-15(2)17(12-24)25-11-9-20-14-25;/h9,11,13-15,17H,4-8,10,12H2,1-3H3,(H,21,22);1H. The fourth-order valence-electron chi connectivity index (χ4n) is 3.45. The van der Waals surface area contributed by atoms with E-state index in [0.717, 1.165) is 50.7 Å². The van der Waals surface area contributed by atoms with Crippen molar-refractivity contribution >= 4 is 41.3 Å². The molecule has 0 spiro atoms. The van der Waals surface area contributed by atoms with E-state index < -0.39 is 0 Å². The summed E-state index contributed by atoms with van der Waals surface area (Å²) in [6, 6.07) is 0.452. The number of nitrogens with one attached hydrogen (secondary N) is 1. The van der Waals surface area contributed by atoms with E-state index in [2.05, 4.69) is 57.1 Å². The number of nitrogens with zero attached hydrogens (tertiary/aromatic N) is 5. The lowest BCUT2D eigenvalue weighted by Crippen LogP contribution is -2.49. The molecule has 3 rings (SSSR count). The SMILES string of the molecule is CCNC(=NCCCc1nc(C)cs1)N1CCC(C)C(n2ccnc2)C1.I. The zero-order chi connectivity index (χ0) is 18.4. The topological polar surface area (TPSA) is 58.3 Å². The number of piperidine rings is 1. The van der Waals surface area contributed by atoms with E-state index in [1.807, 2.05) is 12.5 Å². The third kappa shape index (κ3) is 6.17. The second-order valence-electron chi connectivity index (χ2n) is 7.01. The van der Waals surface area contributed by atoms with Crippen molar-refractivity contribution in [2.45, 2.75) is 46.1 Å². The molecule has 1 aliphatic rings. The van der Waals surface area contributed by atoms with E-state index in [9.17, 15) is 0 Å². The number of hydrogen-bond donors (Lipinski definition) is 1. The molecule has 2 aromatic rings. The highest BCUT2D eigenvalue weighted by atomic mass is 127. The second kappa shape index (κ2) is 11.0. The average molecular weight is 502 g/mol. The molecule has 1 aliphatic heterocycles. The summed E-state index contributed by atoms with van der Waals surface area (Å²) in [5, 5.41) is 6.81. The minimum absolute atomic E-state index is 0. The third-order valence-corrected chi connectivity index (χ3v) is 5.96. The Morgan fingerprint density at radius 1 is 1.44 bits per heavy atom. The summed E-state index contributed by atoms with van der Waals surface area (Å²) in [4.78, 5) is 16.0. The molecule has 0 bridgehead atoms. The zero-order valence-corrected chi connectivity index (χ0v) is 19.6. The minimum atomic E-state index is 0. The summed E-state index contributed by atoms with van der Waals surface area (Å²) in [6.45, 7) is 10.3. The molecule has 2 aromatic heterocycles. The summed E-state index contributed by atoms with van der Waals surface area (Å²) in [5.74, 6) is 1.69. The Labute approximate surface area is 183 Å². The van der Waals surface area contributed by atoms with E-state index in [1.165, 1.54) is 11.4 Å². The van der Waals surface area contributed by atoms with Crippen LogP contribution in [0.4, 0.5) is 0 Å². The highest BCUT2D eigenvalue weighted by molar-refractivity contribution is 14.0. The second-order valence-corrected chi connectivity index (χ2v) is 7.95. The van der Waals surface area contributed by atoms with Gasteiger partial charge in [0.2, 0.25) is 0 Å². The van der Waals surface area contributed by atoms with Crippen LogP contribution in [0.3, 0.4) is 0 Å². The van der Waals surface area contributed by atoms with Gasteiger partial charge in [0.15, 0.2) is 5.96 Å². The molecule has 8 heteroatoms. The molecule has 6 nitrogen and oxygen atoms in total. The Morgan fingerprint density at radius 2 is 2.30 bits per heavy atom. The first-order valence-corrected chi connectivity index (χ1v) is 10.5. The predicted molar refractivity (Wildman–Crippen MR) is 123 cm³/mol. The van der Waals surface area contributed by atoms with Gasteiger partial charge in [0.05, 0.1) is 17.4 Å². The number of guanidine groups is 1. The minimum Gasteiger partial charge on any atom is -0.357 e. The monoisotopic (exact) mass is 502 g/mol. The lowest BCUT2D eigenvalue weighted by molar-refractivity contribution is 0.189. The highest BCUT2D eigenvalue weighted by Gasteiger charge is 2.28. The summed E-state index contributed by atoms with van der Waals surface area (Å²) in [6.07, 6.45) is 9.10. The summed E-state index contributed by atoms with van der Waals surface area (Å²) in [5.41, 5.74) is 1.12. The van der Waals surface area contributed by atoms with Gasteiger partial charge in [-0.15, -0.1) is 35.3 Å². The van der Waals surface area contributed by atoms with Crippen molar-refractivity contribution in [1.29, 1.82) is 0 Å². The maximum Gasteiger partial charge on any atom is 0.193 e. The molecule has 0 saturated carbocycles. The van der Waals surface area contributed by atoms with Crippen LogP contribution >= 0.6 is 35.3 Å². The summed E-state index contributed by atoms with van der Waals surface area (Å²) < 4.78 is 2.24. The Bertz CT molecular complexity index is 699. The smallest absolute Gasteiger partial charge is 0.193 e. The number of thiazole rings is 1. The van der Waals surface area contributed by atoms with Crippen molar-refractivity contribution < 1.29 is 0 Å². The molecular weight excluding hydrogens is 471 g/mol. The van der Waals surface area contributed by atoms with Gasteiger partial charge in [-0.3, -0.25) is 4.99 Å². The van der Waals surface area contributed by atoms with Crippen LogP contribution in [0.5, 0.6) is 0 Å². The van der Waals surface area contributed by atoms with Crippen LogP contribution in [-0.4, -0.2) is 51.6 Å². The molecule has 1 fully saturated rings. The Balaban J connectivity index is 0.00000261. The van der Waals surface area contributed by atoms with Gasteiger partial charge < -0.3 is 14.8 Å². The molecule has 150 valence electrons. The summed E-state index contributed by atoms with van der Waals surface area (Å²) >= 11 is 1.75. The van der Waals surface area contributed by atoms with Gasteiger partial charge in [-0.1, -0.05) is 6.92 Å². The van der Waals surface area contributed by atoms with E-state index in [0.29, 0.717) is 12.0 Å². The predicted octanol–water partition coefficient (Wildman–Crippen LogP) is 3.75. The van der Waals surface area contributed by atoms with E-state index in [-0.39, 0.29) is 24.0 Å². The van der Waals surface area contributed by atoms with Crippen molar-refractivity contribution in [3.05, 3.63) is 34.8 Å².